The molecule has 3 aromatic carbocycles. The highest BCUT2D eigenvalue weighted by atomic mass is 32.2. The van der Waals surface area contributed by atoms with Crippen molar-refractivity contribution < 1.29 is 14.3 Å². The topological polar surface area (TPSA) is 83.4 Å². The van der Waals surface area contributed by atoms with Crippen molar-refractivity contribution in [2.75, 3.05) is 12.4 Å². The maximum absolute atomic E-state index is 12.5. The van der Waals surface area contributed by atoms with Gasteiger partial charge in [-0.15, -0.1) is 0 Å². The molecule has 1 aliphatic rings. The summed E-state index contributed by atoms with van der Waals surface area (Å²) in [6, 6.07) is 22.9. The molecule has 1 heterocycles. The van der Waals surface area contributed by atoms with Crippen molar-refractivity contribution in [2.24, 2.45) is 0 Å². The van der Waals surface area contributed by atoms with Gasteiger partial charge in [-0.3, -0.25) is 4.79 Å². The lowest BCUT2D eigenvalue weighted by Gasteiger charge is -2.16. The van der Waals surface area contributed by atoms with Crippen LogP contribution < -0.4 is 20.1 Å². The average Bonchev–Trinajstić information content (AvgIpc) is 3.17. The first-order valence-electron chi connectivity index (χ1n) is 10.4. The van der Waals surface area contributed by atoms with Gasteiger partial charge in [0.2, 0.25) is 0 Å². The van der Waals surface area contributed by atoms with Crippen LogP contribution >= 0.6 is 11.8 Å². The van der Waals surface area contributed by atoms with Crippen LogP contribution in [0.15, 0.2) is 71.6 Å². The first-order chi connectivity index (χ1) is 16.1. The third-order valence-electron chi connectivity index (χ3n) is 5.08. The Morgan fingerprint density at radius 1 is 1.15 bits per heavy atom. The molecule has 0 radical (unpaired) electrons. The minimum atomic E-state index is -0.290. The Labute approximate surface area is 197 Å². The average molecular weight is 458 g/mol. The van der Waals surface area contributed by atoms with E-state index in [1.165, 1.54) is 11.8 Å². The van der Waals surface area contributed by atoms with Crippen LogP contribution in [0.4, 0.5) is 5.69 Å². The zero-order valence-electron chi connectivity index (χ0n) is 18.3. The summed E-state index contributed by atoms with van der Waals surface area (Å²) in [5.41, 5.74) is 3.98. The predicted molar refractivity (Wildman–Crippen MR) is 131 cm³/mol. The second-order valence-electron chi connectivity index (χ2n) is 7.45. The Morgan fingerprint density at radius 3 is 2.70 bits per heavy atom. The number of aryl methyl sites for hydroxylation is 1. The number of nitrogens with zero attached hydrogens (tertiary/aromatic N) is 1. The van der Waals surface area contributed by atoms with Gasteiger partial charge < -0.3 is 20.1 Å². The minimum absolute atomic E-state index is 0.127. The fraction of sp³-hybridized carbons (Fsp3) is 0.154. The van der Waals surface area contributed by atoms with Gasteiger partial charge in [-0.1, -0.05) is 48.2 Å². The van der Waals surface area contributed by atoms with Crippen LogP contribution in [0.25, 0.3) is 6.08 Å². The van der Waals surface area contributed by atoms with Crippen LogP contribution in [0.5, 0.6) is 11.5 Å². The Morgan fingerprint density at radius 2 is 1.94 bits per heavy atom. The van der Waals surface area contributed by atoms with Crippen LogP contribution in [0, 0.1) is 18.3 Å². The van der Waals surface area contributed by atoms with Gasteiger partial charge in [0.15, 0.2) is 5.50 Å². The molecular formula is C26H23N3O3S. The highest BCUT2D eigenvalue weighted by molar-refractivity contribution is 8.05. The molecule has 2 N–H and O–H groups in total. The van der Waals surface area contributed by atoms with Gasteiger partial charge in [-0.05, 0) is 54.5 Å². The number of nitriles is 1. The van der Waals surface area contributed by atoms with Crippen LogP contribution in [0.2, 0.25) is 0 Å². The van der Waals surface area contributed by atoms with Gasteiger partial charge in [-0.2, -0.15) is 5.26 Å². The molecule has 6 nitrogen and oxygen atoms in total. The highest BCUT2D eigenvalue weighted by Crippen LogP contribution is 2.33. The van der Waals surface area contributed by atoms with E-state index in [4.69, 9.17) is 9.47 Å². The molecule has 1 aliphatic heterocycles. The molecule has 1 unspecified atom stereocenters. The van der Waals surface area contributed by atoms with Crippen LogP contribution in [0.1, 0.15) is 22.3 Å². The van der Waals surface area contributed by atoms with Gasteiger partial charge in [-0.25, -0.2) is 0 Å². The van der Waals surface area contributed by atoms with Crippen molar-refractivity contribution >= 4 is 29.4 Å². The first kappa shape index (κ1) is 22.3. The molecule has 7 heteroatoms. The van der Waals surface area contributed by atoms with E-state index in [2.05, 4.69) is 16.7 Å². The zero-order valence-corrected chi connectivity index (χ0v) is 19.1. The smallest absolute Gasteiger partial charge is 0.260 e. The van der Waals surface area contributed by atoms with Crippen LogP contribution in [0.3, 0.4) is 0 Å². The lowest BCUT2D eigenvalue weighted by molar-refractivity contribution is -0.116. The van der Waals surface area contributed by atoms with Crippen molar-refractivity contribution in [3.8, 4) is 17.6 Å². The molecule has 166 valence electrons. The largest absolute Gasteiger partial charge is 0.495 e. The third kappa shape index (κ3) is 5.48. The molecule has 1 fully saturated rings. The minimum Gasteiger partial charge on any atom is -0.495 e. The second-order valence-corrected chi connectivity index (χ2v) is 8.60. The molecule has 3 aromatic rings. The number of hydrogen-bond donors (Lipinski definition) is 2. The number of benzene rings is 3. The number of rotatable bonds is 7. The fourth-order valence-corrected chi connectivity index (χ4v) is 4.34. The molecule has 4 rings (SSSR count). The Bertz CT molecular complexity index is 1230. The molecule has 1 amide bonds. The van der Waals surface area contributed by atoms with E-state index in [0.717, 1.165) is 28.1 Å². The van der Waals surface area contributed by atoms with Gasteiger partial charge in [0.1, 0.15) is 18.1 Å². The summed E-state index contributed by atoms with van der Waals surface area (Å²) >= 11 is 1.42. The molecule has 0 aliphatic carbocycles. The van der Waals surface area contributed by atoms with Gasteiger partial charge in [0.05, 0.1) is 29.3 Å². The molecule has 0 bridgehead atoms. The zero-order chi connectivity index (χ0) is 23.2. The van der Waals surface area contributed by atoms with E-state index >= 15 is 0 Å². The predicted octanol–water partition coefficient (Wildman–Crippen LogP) is 5.05. The molecule has 33 heavy (non-hydrogen) atoms. The van der Waals surface area contributed by atoms with E-state index in [9.17, 15) is 10.1 Å². The van der Waals surface area contributed by atoms with Crippen molar-refractivity contribution in [1.82, 2.24) is 5.32 Å². The van der Waals surface area contributed by atoms with Crippen LogP contribution in [-0.4, -0.2) is 18.5 Å². The third-order valence-corrected chi connectivity index (χ3v) is 6.11. The Hall–Kier alpha value is -3.89. The summed E-state index contributed by atoms with van der Waals surface area (Å²) in [6.45, 7) is 2.32. The van der Waals surface area contributed by atoms with Gasteiger partial charge in [0.25, 0.3) is 5.91 Å². The SMILES string of the molecule is COc1ccc(C)cc1NC1NC(=O)/C(=C/c2ccc(OCc3ccccc3C#N)cc2)S1. The van der Waals surface area contributed by atoms with Crippen LogP contribution in [-0.2, 0) is 11.4 Å². The van der Waals surface area contributed by atoms with Crippen molar-refractivity contribution in [2.45, 2.75) is 19.0 Å². The number of methoxy groups -OCH3 is 1. The summed E-state index contributed by atoms with van der Waals surface area (Å²) in [4.78, 5) is 13.1. The number of hydrogen-bond acceptors (Lipinski definition) is 6. The van der Waals surface area contributed by atoms with Crippen molar-refractivity contribution in [3.05, 3.63) is 93.9 Å². The molecule has 0 spiro atoms. The number of amides is 1. The lowest BCUT2D eigenvalue weighted by Crippen LogP contribution is -2.31. The maximum atomic E-state index is 12.5. The van der Waals surface area contributed by atoms with E-state index in [-0.39, 0.29) is 11.4 Å². The molecule has 0 aromatic heterocycles. The molecule has 1 atom stereocenters. The second kappa shape index (κ2) is 10.2. The normalized spacial score (nSPS) is 16.2. The molecular weight excluding hydrogens is 434 g/mol. The van der Waals surface area contributed by atoms with Crippen molar-refractivity contribution in [1.29, 1.82) is 5.26 Å². The number of carbonyl (C=O) groups is 1. The lowest BCUT2D eigenvalue weighted by atomic mass is 10.1. The molecule has 1 saturated heterocycles. The monoisotopic (exact) mass is 457 g/mol. The Kier molecular flexibility index (Phi) is 6.86. The van der Waals surface area contributed by atoms with Gasteiger partial charge in [0, 0.05) is 5.56 Å². The number of nitrogens with one attached hydrogen (secondary N) is 2. The number of carbonyl (C=O) groups excluding carboxylic acids is 1. The Balaban J connectivity index is 1.39. The van der Waals surface area contributed by atoms with Crippen molar-refractivity contribution in [3.63, 3.8) is 0 Å². The molecule has 0 saturated carbocycles. The number of anilines is 1. The summed E-state index contributed by atoms with van der Waals surface area (Å²) in [6.07, 6.45) is 1.85. The fourth-order valence-electron chi connectivity index (χ4n) is 3.37. The summed E-state index contributed by atoms with van der Waals surface area (Å²) in [7, 11) is 1.62. The summed E-state index contributed by atoms with van der Waals surface area (Å²) in [5, 5.41) is 15.5. The highest BCUT2D eigenvalue weighted by Gasteiger charge is 2.27. The van der Waals surface area contributed by atoms with E-state index in [0.29, 0.717) is 22.8 Å². The maximum Gasteiger partial charge on any atom is 0.260 e. The summed E-state index contributed by atoms with van der Waals surface area (Å²) in [5.74, 6) is 1.29. The first-order valence-corrected chi connectivity index (χ1v) is 11.2. The van der Waals surface area contributed by atoms with E-state index < -0.39 is 0 Å². The quantitative estimate of drug-likeness (QED) is 0.483. The van der Waals surface area contributed by atoms with E-state index in [1.807, 2.05) is 73.7 Å². The number of thioether (sulfide) groups is 1. The van der Waals surface area contributed by atoms with Gasteiger partial charge >= 0.3 is 0 Å². The number of ether oxygens (including phenoxy) is 2. The standard InChI is InChI=1S/C26H23N3O3S/c1-17-7-12-23(31-2)22(13-17)28-26-29-25(30)24(33-26)14-18-8-10-21(11-9-18)32-16-20-6-4-3-5-19(20)15-27/h3-14,26,28H,16H2,1-2H3,(H,29,30)/b24-14-. The summed E-state index contributed by atoms with van der Waals surface area (Å²) < 4.78 is 11.2. The van der Waals surface area contributed by atoms with E-state index in [1.54, 1.807) is 13.2 Å².